The summed E-state index contributed by atoms with van der Waals surface area (Å²) in [6.07, 6.45) is 11.5. The van der Waals surface area contributed by atoms with Crippen molar-refractivity contribution >= 4 is 28.7 Å². The van der Waals surface area contributed by atoms with Crippen LogP contribution >= 0.6 is 0 Å². The molecule has 0 spiro atoms. The number of hydrogen-bond acceptors (Lipinski definition) is 1. The topological polar surface area (TPSA) is 9.23 Å². The van der Waals surface area contributed by atoms with Crippen LogP contribution in [0.15, 0.2) is 60.7 Å². The molecule has 2 aliphatic rings. The predicted molar refractivity (Wildman–Crippen MR) is 109 cm³/mol. The molecule has 1 heteroatoms. The van der Waals surface area contributed by atoms with E-state index in [1.54, 1.807) is 0 Å². The third-order valence-electron chi connectivity index (χ3n) is 5.50. The lowest BCUT2D eigenvalue weighted by atomic mass is 9.91. The van der Waals surface area contributed by atoms with Crippen molar-refractivity contribution in [3.05, 3.63) is 87.8 Å². The second kappa shape index (κ2) is 6.49. The van der Waals surface area contributed by atoms with Gasteiger partial charge in [0.25, 0.3) is 0 Å². The fourth-order valence-electron chi connectivity index (χ4n) is 4.20. The summed E-state index contributed by atoms with van der Waals surface area (Å²) >= 11 is 0. The molecular formula is C25H22O. The Bertz CT molecular complexity index is 1120. The van der Waals surface area contributed by atoms with Crippen molar-refractivity contribution in [1.82, 2.24) is 0 Å². The fraction of sp³-hybridized carbons (Fsp3) is 0.200. The number of allylic oxidation sites excluding steroid dienone is 1. The van der Waals surface area contributed by atoms with E-state index in [4.69, 9.17) is 4.74 Å². The summed E-state index contributed by atoms with van der Waals surface area (Å²) in [5.41, 5.74) is 3.92. The zero-order valence-electron chi connectivity index (χ0n) is 14.9. The molecule has 0 saturated carbocycles. The minimum atomic E-state index is 0.613. The maximum absolute atomic E-state index is 6.19. The second-order valence-corrected chi connectivity index (χ2v) is 7.14. The van der Waals surface area contributed by atoms with Crippen molar-refractivity contribution in [2.75, 3.05) is 0 Å². The molecule has 3 aromatic rings. The van der Waals surface area contributed by atoms with Crippen LogP contribution in [0.4, 0.5) is 0 Å². The first-order chi connectivity index (χ1) is 12.9. The van der Waals surface area contributed by atoms with Crippen LogP contribution in [0.2, 0.25) is 0 Å². The van der Waals surface area contributed by atoms with Crippen LogP contribution in [0.3, 0.4) is 0 Å². The quantitative estimate of drug-likeness (QED) is 0.673. The molecule has 0 unspecified atom stereocenters. The average Bonchev–Trinajstić information content (AvgIpc) is 2.72. The molecule has 5 rings (SSSR count). The summed E-state index contributed by atoms with van der Waals surface area (Å²) in [5, 5.41) is 5.52. The van der Waals surface area contributed by atoms with Crippen molar-refractivity contribution < 1.29 is 4.74 Å². The zero-order valence-corrected chi connectivity index (χ0v) is 14.9. The monoisotopic (exact) mass is 338 g/mol. The van der Waals surface area contributed by atoms with Gasteiger partial charge in [-0.15, -0.1) is 0 Å². The molecule has 0 heterocycles. The highest BCUT2D eigenvalue weighted by atomic mass is 16.5. The first-order valence-corrected chi connectivity index (χ1v) is 9.52. The van der Waals surface area contributed by atoms with Gasteiger partial charge in [-0.2, -0.15) is 0 Å². The number of aryl methyl sites for hydroxylation is 1. The van der Waals surface area contributed by atoms with Crippen LogP contribution in [0.5, 0.6) is 0 Å². The van der Waals surface area contributed by atoms with Crippen molar-refractivity contribution in [2.45, 2.75) is 32.3 Å². The molecule has 0 aliphatic heterocycles. The van der Waals surface area contributed by atoms with E-state index in [1.165, 1.54) is 57.2 Å². The molecule has 0 amide bonds. The van der Waals surface area contributed by atoms with Gasteiger partial charge in [0.2, 0.25) is 0 Å². The SMILES string of the molecule is C1=C(OCc2ccccc2)c2ccc3c4c(ccc3c2=CC1)CCCC=4. The van der Waals surface area contributed by atoms with Gasteiger partial charge in [-0.3, -0.25) is 0 Å². The molecule has 0 atom stereocenters. The Hall–Kier alpha value is -2.80. The molecule has 0 aromatic heterocycles. The first-order valence-electron chi connectivity index (χ1n) is 9.52. The fourth-order valence-corrected chi connectivity index (χ4v) is 4.20. The summed E-state index contributed by atoms with van der Waals surface area (Å²) in [5.74, 6) is 1.01. The third-order valence-corrected chi connectivity index (χ3v) is 5.50. The lowest BCUT2D eigenvalue weighted by Gasteiger charge is -2.17. The van der Waals surface area contributed by atoms with Gasteiger partial charge in [0, 0.05) is 5.56 Å². The van der Waals surface area contributed by atoms with Gasteiger partial charge in [0.1, 0.15) is 12.4 Å². The highest BCUT2D eigenvalue weighted by Crippen LogP contribution is 2.23. The average molecular weight is 338 g/mol. The van der Waals surface area contributed by atoms with Gasteiger partial charge >= 0.3 is 0 Å². The Balaban J connectivity index is 1.56. The van der Waals surface area contributed by atoms with E-state index in [2.05, 4.69) is 66.8 Å². The summed E-state index contributed by atoms with van der Waals surface area (Å²) in [6, 6.07) is 19.5. The summed E-state index contributed by atoms with van der Waals surface area (Å²) in [7, 11) is 0. The van der Waals surface area contributed by atoms with Gasteiger partial charge in [0.05, 0.1) is 0 Å². The summed E-state index contributed by atoms with van der Waals surface area (Å²) < 4.78 is 6.19. The van der Waals surface area contributed by atoms with Crippen LogP contribution in [0.1, 0.15) is 36.0 Å². The van der Waals surface area contributed by atoms with E-state index in [9.17, 15) is 0 Å². The van der Waals surface area contributed by atoms with Gasteiger partial charge in [-0.25, -0.2) is 0 Å². The van der Waals surface area contributed by atoms with E-state index < -0.39 is 0 Å². The maximum atomic E-state index is 6.19. The van der Waals surface area contributed by atoms with E-state index in [0.717, 1.165) is 12.2 Å². The molecule has 0 fully saturated rings. The number of benzene rings is 3. The largest absolute Gasteiger partial charge is 0.489 e. The van der Waals surface area contributed by atoms with Crippen molar-refractivity contribution in [2.24, 2.45) is 0 Å². The molecular weight excluding hydrogens is 316 g/mol. The van der Waals surface area contributed by atoms with E-state index in [0.29, 0.717) is 6.61 Å². The van der Waals surface area contributed by atoms with Gasteiger partial charge in [-0.1, -0.05) is 66.7 Å². The van der Waals surface area contributed by atoms with E-state index in [1.807, 2.05) is 6.07 Å². The Morgan fingerprint density at radius 2 is 1.62 bits per heavy atom. The molecule has 0 radical (unpaired) electrons. The zero-order chi connectivity index (χ0) is 17.3. The highest BCUT2D eigenvalue weighted by Gasteiger charge is 2.13. The van der Waals surface area contributed by atoms with Crippen LogP contribution < -0.4 is 10.4 Å². The third kappa shape index (κ3) is 2.64. The summed E-state index contributed by atoms with van der Waals surface area (Å²) in [4.78, 5) is 0. The molecule has 3 aromatic carbocycles. The van der Waals surface area contributed by atoms with Gasteiger partial charge < -0.3 is 4.74 Å². The van der Waals surface area contributed by atoms with E-state index in [-0.39, 0.29) is 0 Å². The number of ether oxygens (including phenoxy) is 1. The van der Waals surface area contributed by atoms with Crippen LogP contribution in [0.25, 0.3) is 28.7 Å². The minimum Gasteiger partial charge on any atom is -0.489 e. The van der Waals surface area contributed by atoms with Gasteiger partial charge in [-0.05, 0) is 64.1 Å². The Morgan fingerprint density at radius 3 is 2.54 bits per heavy atom. The number of hydrogen-bond donors (Lipinski definition) is 0. The number of fused-ring (bicyclic) bond motifs is 5. The van der Waals surface area contributed by atoms with Crippen LogP contribution in [-0.2, 0) is 17.8 Å². The molecule has 1 nitrogen and oxygen atoms in total. The molecule has 128 valence electrons. The highest BCUT2D eigenvalue weighted by molar-refractivity contribution is 5.89. The van der Waals surface area contributed by atoms with Crippen LogP contribution in [-0.4, -0.2) is 0 Å². The Labute approximate surface area is 153 Å². The number of rotatable bonds is 3. The normalized spacial score (nSPS) is 15.3. The molecule has 0 bridgehead atoms. The van der Waals surface area contributed by atoms with Gasteiger partial charge in [0.15, 0.2) is 0 Å². The molecule has 0 saturated heterocycles. The standard InChI is InChI=1S/C25H22O/c1-2-7-18(8-3-1)17-26-25-12-6-11-21-23-14-13-19-9-4-5-10-20(19)22(23)15-16-24(21)25/h1-3,7-8,10-16H,4-6,9,17H2. The van der Waals surface area contributed by atoms with Crippen molar-refractivity contribution in [3.63, 3.8) is 0 Å². The Morgan fingerprint density at radius 1 is 0.769 bits per heavy atom. The smallest absolute Gasteiger partial charge is 0.123 e. The van der Waals surface area contributed by atoms with E-state index >= 15 is 0 Å². The molecule has 26 heavy (non-hydrogen) atoms. The lowest BCUT2D eigenvalue weighted by molar-refractivity contribution is 0.263. The van der Waals surface area contributed by atoms with Crippen LogP contribution in [0, 0.1) is 0 Å². The predicted octanol–water partition coefficient (Wildman–Crippen LogP) is 4.70. The van der Waals surface area contributed by atoms with Crippen molar-refractivity contribution in [1.29, 1.82) is 0 Å². The first kappa shape index (κ1) is 15.5. The molecule has 0 N–H and O–H groups in total. The summed E-state index contributed by atoms with van der Waals surface area (Å²) in [6.45, 7) is 0.613. The lowest BCUT2D eigenvalue weighted by Crippen LogP contribution is -2.20. The Kier molecular flexibility index (Phi) is 3.86. The minimum absolute atomic E-state index is 0.613. The maximum Gasteiger partial charge on any atom is 0.123 e. The molecule has 2 aliphatic carbocycles. The second-order valence-electron chi connectivity index (χ2n) is 7.14. The van der Waals surface area contributed by atoms with Crippen molar-refractivity contribution in [3.8, 4) is 0 Å².